The summed E-state index contributed by atoms with van der Waals surface area (Å²) in [5.74, 6) is 1.23. The molecule has 3 rings (SSSR count). The quantitative estimate of drug-likeness (QED) is 0.570. The number of nitrogens with one attached hydrogen (secondary N) is 2. The number of benzene rings is 2. The van der Waals surface area contributed by atoms with Gasteiger partial charge in [0.2, 0.25) is 0 Å². The second-order valence-electron chi connectivity index (χ2n) is 7.58. The van der Waals surface area contributed by atoms with Gasteiger partial charge in [0.05, 0.1) is 0 Å². The van der Waals surface area contributed by atoms with Gasteiger partial charge < -0.3 is 15.5 Å². The Morgan fingerprint density at radius 1 is 1.14 bits per heavy atom. The molecule has 2 N–H and O–H groups in total. The van der Waals surface area contributed by atoms with Gasteiger partial charge in [-0.2, -0.15) is 0 Å². The highest BCUT2D eigenvalue weighted by atomic mass is 19.1. The van der Waals surface area contributed by atoms with Gasteiger partial charge in [0.15, 0.2) is 5.96 Å². The van der Waals surface area contributed by atoms with E-state index in [0.717, 1.165) is 44.1 Å². The van der Waals surface area contributed by atoms with Crippen LogP contribution >= 0.6 is 0 Å². The van der Waals surface area contributed by atoms with Gasteiger partial charge in [-0.05, 0) is 55.0 Å². The van der Waals surface area contributed by atoms with E-state index in [1.807, 2.05) is 12.1 Å². The van der Waals surface area contributed by atoms with Gasteiger partial charge in [-0.3, -0.25) is 4.99 Å². The summed E-state index contributed by atoms with van der Waals surface area (Å²) < 4.78 is 13.7. The molecule has 0 saturated carbocycles. The number of halogens is 1. The largest absolute Gasteiger partial charge is 0.356 e. The van der Waals surface area contributed by atoms with Gasteiger partial charge in [0.25, 0.3) is 0 Å². The molecule has 5 heteroatoms. The summed E-state index contributed by atoms with van der Waals surface area (Å²) in [6.45, 7) is 6.65. The third-order valence-corrected chi connectivity index (χ3v) is 5.41. The molecular formula is C23H31FN4. The highest BCUT2D eigenvalue weighted by Gasteiger charge is 2.22. The molecule has 1 atom stereocenters. The van der Waals surface area contributed by atoms with Crippen molar-refractivity contribution in [1.82, 2.24) is 15.5 Å². The predicted octanol–water partition coefficient (Wildman–Crippen LogP) is 3.36. The fraction of sp³-hybridized carbons (Fsp3) is 0.435. The molecule has 0 spiro atoms. The van der Waals surface area contributed by atoms with Gasteiger partial charge in [0.1, 0.15) is 5.82 Å². The van der Waals surface area contributed by atoms with Crippen molar-refractivity contribution >= 4 is 5.96 Å². The van der Waals surface area contributed by atoms with E-state index < -0.39 is 0 Å². The zero-order valence-electron chi connectivity index (χ0n) is 16.9. The van der Waals surface area contributed by atoms with E-state index in [4.69, 9.17) is 0 Å². The summed E-state index contributed by atoms with van der Waals surface area (Å²) in [6, 6.07) is 16.0. The average molecular weight is 383 g/mol. The second-order valence-corrected chi connectivity index (χ2v) is 7.58. The zero-order chi connectivity index (χ0) is 19.8. The lowest BCUT2D eigenvalue weighted by Crippen LogP contribution is -2.40. The lowest BCUT2D eigenvalue weighted by Gasteiger charge is -2.17. The molecule has 4 nitrogen and oxygen atoms in total. The second kappa shape index (κ2) is 10.2. The van der Waals surface area contributed by atoms with E-state index >= 15 is 0 Å². The highest BCUT2D eigenvalue weighted by Crippen LogP contribution is 2.16. The fourth-order valence-electron chi connectivity index (χ4n) is 3.61. The maximum Gasteiger partial charge on any atom is 0.191 e. The minimum atomic E-state index is -0.163. The Kier molecular flexibility index (Phi) is 7.43. The first kappa shape index (κ1) is 20.3. The fourth-order valence-corrected chi connectivity index (χ4v) is 3.61. The molecule has 150 valence electrons. The molecule has 1 saturated heterocycles. The van der Waals surface area contributed by atoms with Crippen molar-refractivity contribution in [1.29, 1.82) is 0 Å². The Bertz CT molecular complexity index is 775. The normalized spacial score (nSPS) is 17.7. The van der Waals surface area contributed by atoms with Crippen molar-refractivity contribution in [3.63, 3.8) is 0 Å². The average Bonchev–Trinajstić information content (AvgIpc) is 3.18. The van der Waals surface area contributed by atoms with Crippen LogP contribution in [0.5, 0.6) is 0 Å². The van der Waals surface area contributed by atoms with Crippen LogP contribution in [0.3, 0.4) is 0 Å². The monoisotopic (exact) mass is 382 g/mol. The van der Waals surface area contributed by atoms with E-state index in [1.165, 1.54) is 12.0 Å². The van der Waals surface area contributed by atoms with Crippen LogP contribution in [0.25, 0.3) is 0 Å². The van der Waals surface area contributed by atoms with E-state index in [0.29, 0.717) is 18.0 Å². The van der Waals surface area contributed by atoms with E-state index in [2.05, 4.69) is 50.9 Å². The Morgan fingerprint density at radius 3 is 2.71 bits per heavy atom. The van der Waals surface area contributed by atoms with E-state index in [-0.39, 0.29) is 5.82 Å². The third-order valence-electron chi connectivity index (χ3n) is 5.41. The van der Waals surface area contributed by atoms with Crippen molar-refractivity contribution < 1.29 is 4.39 Å². The van der Waals surface area contributed by atoms with Crippen LogP contribution < -0.4 is 10.6 Å². The number of hydrogen-bond donors (Lipinski definition) is 2. The summed E-state index contributed by atoms with van der Waals surface area (Å²) in [5.41, 5.74) is 2.99. The molecule has 28 heavy (non-hydrogen) atoms. The highest BCUT2D eigenvalue weighted by molar-refractivity contribution is 5.79. The SMILES string of the molecule is CN=C(NCc1ccc(C)c(F)c1)NCC1CCN(CCc2ccccc2)C1. The summed E-state index contributed by atoms with van der Waals surface area (Å²) in [5, 5.41) is 6.69. The maximum absolute atomic E-state index is 13.7. The molecule has 1 heterocycles. The number of aryl methyl sites for hydroxylation is 1. The molecule has 2 aromatic rings. The summed E-state index contributed by atoms with van der Waals surface area (Å²) in [7, 11) is 1.77. The molecule has 0 aromatic heterocycles. The van der Waals surface area contributed by atoms with Gasteiger partial charge in [-0.25, -0.2) is 4.39 Å². The first-order chi connectivity index (χ1) is 13.6. The number of guanidine groups is 1. The predicted molar refractivity (Wildman–Crippen MR) is 114 cm³/mol. The molecule has 0 bridgehead atoms. The molecule has 0 amide bonds. The summed E-state index contributed by atoms with van der Waals surface area (Å²) in [6.07, 6.45) is 2.32. The molecule has 0 radical (unpaired) electrons. The smallest absolute Gasteiger partial charge is 0.191 e. The third kappa shape index (κ3) is 6.06. The van der Waals surface area contributed by atoms with Crippen molar-refractivity contribution in [2.24, 2.45) is 10.9 Å². The number of nitrogens with zero attached hydrogens (tertiary/aromatic N) is 2. The van der Waals surface area contributed by atoms with Crippen LogP contribution in [0.4, 0.5) is 4.39 Å². The molecule has 1 unspecified atom stereocenters. The van der Waals surface area contributed by atoms with Gasteiger partial charge in [0, 0.05) is 33.2 Å². The van der Waals surface area contributed by atoms with Crippen LogP contribution in [0, 0.1) is 18.7 Å². The van der Waals surface area contributed by atoms with Crippen molar-refractivity contribution in [2.45, 2.75) is 26.3 Å². The van der Waals surface area contributed by atoms with Crippen LogP contribution in [-0.2, 0) is 13.0 Å². The zero-order valence-corrected chi connectivity index (χ0v) is 16.9. The lowest BCUT2D eigenvalue weighted by atomic mass is 10.1. The Labute approximate surface area is 167 Å². The van der Waals surface area contributed by atoms with Crippen molar-refractivity contribution in [3.8, 4) is 0 Å². The Morgan fingerprint density at radius 2 is 1.96 bits per heavy atom. The number of rotatable bonds is 7. The van der Waals surface area contributed by atoms with Crippen LogP contribution in [-0.4, -0.2) is 44.1 Å². The van der Waals surface area contributed by atoms with E-state index in [1.54, 1.807) is 20.0 Å². The maximum atomic E-state index is 13.7. The van der Waals surface area contributed by atoms with Gasteiger partial charge >= 0.3 is 0 Å². The number of aliphatic imine (C=N–C) groups is 1. The minimum absolute atomic E-state index is 0.163. The Hall–Kier alpha value is -2.40. The molecule has 1 aliphatic rings. The van der Waals surface area contributed by atoms with Gasteiger partial charge in [-0.15, -0.1) is 0 Å². The summed E-state index contributed by atoms with van der Waals surface area (Å²) >= 11 is 0. The van der Waals surface area contributed by atoms with Crippen LogP contribution in [0.15, 0.2) is 53.5 Å². The Balaban J connectivity index is 1.37. The standard InChI is InChI=1S/C23H31FN4/c1-18-8-9-20(14-22(18)24)15-26-23(25-2)27-16-21-11-13-28(17-21)12-10-19-6-4-3-5-7-19/h3-9,14,21H,10-13,15-17H2,1-2H3,(H2,25,26,27). The van der Waals surface area contributed by atoms with Crippen LogP contribution in [0.2, 0.25) is 0 Å². The van der Waals surface area contributed by atoms with Crippen LogP contribution in [0.1, 0.15) is 23.1 Å². The molecule has 0 aliphatic carbocycles. The molecule has 1 aliphatic heterocycles. The van der Waals surface area contributed by atoms with E-state index in [9.17, 15) is 4.39 Å². The number of likely N-dealkylation sites (tertiary alicyclic amines) is 1. The lowest BCUT2D eigenvalue weighted by molar-refractivity contribution is 0.328. The molecule has 1 fully saturated rings. The minimum Gasteiger partial charge on any atom is -0.356 e. The molecular weight excluding hydrogens is 351 g/mol. The first-order valence-electron chi connectivity index (χ1n) is 10.1. The van der Waals surface area contributed by atoms with Crippen molar-refractivity contribution in [3.05, 3.63) is 71.0 Å². The topological polar surface area (TPSA) is 39.7 Å². The van der Waals surface area contributed by atoms with Crippen molar-refractivity contribution in [2.75, 3.05) is 33.2 Å². The first-order valence-corrected chi connectivity index (χ1v) is 10.1. The number of hydrogen-bond acceptors (Lipinski definition) is 2. The molecule has 2 aromatic carbocycles. The summed E-state index contributed by atoms with van der Waals surface area (Å²) in [4.78, 5) is 6.83. The van der Waals surface area contributed by atoms with Gasteiger partial charge in [-0.1, -0.05) is 42.5 Å².